The van der Waals surface area contributed by atoms with Gasteiger partial charge in [0, 0.05) is 6.54 Å². The quantitative estimate of drug-likeness (QED) is 0.393. The Morgan fingerprint density at radius 1 is 0.941 bits per heavy atom. The van der Waals surface area contributed by atoms with Gasteiger partial charge >= 0.3 is 5.97 Å². The minimum absolute atomic E-state index is 0.00244. The molecule has 0 unspecified atom stereocenters. The lowest BCUT2D eigenvalue weighted by atomic mass is 10.2. The van der Waals surface area contributed by atoms with Crippen molar-refractivity contribution in [2.24, 2.45) is 0 Å². The van der Waals surface area contributed by atoms with Gasteiger partial charge in [0.1, 0.15) is 5.76 Å². The Bertz CT molecular complexity index is 1220. The van der Waals surface area contributed by atoms with Crippen LogP contribution in [0.5, 0.6) is 11.5 Å². The van der Waals surface area contributed by atoms with Crippen LogP contribution in [-0.2, 0) is 32.6 Å². The number of sulfonamides is 1. The van der Waals surface area contributed by atoms with Crippen LogP contribution in [0, 0.1) is 0 Å². The Morgan fingerprint density at radius 2 is 1.68 bits per heavy atom. The predicted molar refractivity (Wildman–Crippen MR) is 121 cm³/mol. The van der Waals surface area contributed by atoms with Gasteiger partial charge in [0.25, 0.3) is 5.91 Å². The van der Waals surface area contributed by atoms with E-state index in [0.717, 1.165) is 5.56 Å². The summed E-state index contributed by atoms with van der Waals surface area (Å²) >= 11 is 0. The second kappa shape index (κ2) is 11.3. The van der Waals surface area contributed by atoms with E-state index in [-0.39, 0.29) is 23.5 Å². The van der Waals surface area contributed by atoms with Crippen molar-refractivity contribution in [3.05, 3.63) is 77.7 Å². The summed E-state index contributed by atoms with van der Waals surface area (Å²) in [5, 5.41) is 2.64. The SMILES string of the molecule is COc1ccc(CNC(=O)COC(=O)c2ccc(S(=O)(=O)NCc3ccco3)cc2)cc1OC. The third-order valence-corrected chi connectivity index (χ3v) is 6.11. The van der Waals surface area contributed by atoms with Crippen LogP contribution in [0.3, 0.4) is 0 Å². The lowest BCUT2D eigenvalue weighted by Crippen LogP contribution is -2.28. The Morgan fingerprint density at radius 3 is 2.32 bits per heavy atom. The Kier molecular flexibility index (Phi) is 8.28. The minimum atomic E-state index is -3.79. The number of esters is 1. The van der Waals surface area contributed by atoms with E-state index in [1.54, 1.807) is 30.3 Å². The Labute approximate surface area is 196 Å². The van der Waals surface area contributed by atoms with Crippen LogP contribution < -0.4 is 19.5 Å². The molecule has 1 heterocycles. The number of methoxy groups -OCH3 is 2. The van der Waals surface area contributed by atoms with Gasteiger partial charge in [-0.1, -0.05) is 6.07 Å². The molecule has 0 saturated carbocycles. The fourth-order valence-corrected chi connectivity index (χ4v) is 3.88. The van der Waals surface area contributed by atoms with Gasteiger partial charge in [-0.25, -0.2) is 17.9 Å². The third-order valence-electron chi connectivity index (χ3n) is 4.69. The molecule has 2 N–H and O–H groups in total. The van der Waals surface area contributed by atoms with E-state index in [1.807, 2.05) is 0 Å². The lowest BCUT2D eigenvalue weighted by Gasteiger charge is -2.11. The second-order valence-corrected chi connectivity index (χ2v) is 8.74. The minimum Gasteiger partial charge on any atom is -0.493 e. The molecule has 34 heavy (non-hydrogen) atoms. The fraction of sp³-hybridized carbons (Fsp3) is 0.217. The third kappa shape index (κ3) is 6.59. The molecule has 0 aliphatic carbocycles. The molecule has 1 aromatic heterocycles. The van der Waals surface area contributed by atoms with E-state index >= 15 is 0 Å². The number of benzene rings is 2. The van der Waals surface area contributed by atoms with Crippen LogP contribution in [0.15, 0.2) is 70.2 Å². The van der Waals surface area contributed by atoms with E-state index in [9.17, 15) is 18.0 Å². The number of hydrogen-bond donors (Lipinski definition) is 2. The highest BCUT2D eigenvalue weighted by Gasteiger charge is 2.16. The van der Waals surface area contributed by atoms with E-state index < -0.39 is 28.5 Å². The van der Waals surface area contributed by atoms with Crippen LogP contribution in [0.25, 0.3) is 0 Å². The van der Waals surface area contributed by atoms with Gasteiger partial charge in [0.05, 0.1) is 37.5 Å². The van der Waals surface area contributed by atoms with Crippen molar-refractivity contribution < 1.29 is 36.6 Å². The molecule has 0 radical (unpaired) electrons. The second-order valence-electron chi connectivity index (χ2n) is 6.97. The maximum Gasteiger partial charge on any atom is 0.338 e. The van der Waals surface area contributed by atoms with Gasteiger partial charge < -0.3 is 23.9 Å². The van der Waals surface area contributed by atoms with Gasteiger partial charge in [-0.05, 0) is 54.1 Å². The fourth-order valence-electron chi connectivity index (χ4n) is 2.89. The maximum atomic E-state index is 12.4. The Balaban J connectivity index is 1.48. The van der Waals surface area contributed by atoms with Crippen LogP contribution in [0.2, 0.25) is 0 Å². The van der Waals surface area contributed by atoms with Crippen LogP contribution in [-0.4, -0.2) is 41.1 Å². The monoisotopic (exact) mass is 488 g/mol. The molecule has 10 nitrogen and oxygen atoms in total. The maximum absolute atomic E-state index is 12.4. The molecule has 3 rings (SSSR count). The van der Waals surface area contributed by atoms with Crippen molar-refractivity contribution in [2.75, 3.05) is 20.8 Å². The zero-order valence-corrected chi connectivity index (χ0v) is 19.4. The normalized spacial score (nSPS) is 11.0. The van der Waals surface area contributed by atoms with Gasteiger partial charge in [-0.3, -0.25) is 4.79 Å². The van der Waals surface area contributed by atoms with Crippen LogP contribution in [0.4, 0.5) is 0 Å². The number of rotatable bonds is 11. The summed E-state index contributed by atoms with van der Waals surface area (Å²) in [5.41, 5.74) is 0.882. The molecule has 0 spiro atoms. The Hall–Kier alpha value is -3.83. The van der Waals surface area contributed by atoms with Crippen molar-refractivity contribution in [1.29, 1.82) is 0 Å². The highest BCUT2D eigenvalue weighted by Crippen LogP contribution is 2.27. The standard InChI is InChI=1S/C23H24N2O8S/c1-30-20-10-5-16(12-21(20)31-2)13-24-22(26)15-33-23(27)17-6-8-19(9-7-17)34(28,29)25-14-18-4-3-11-32-18/h3-12,25H,13-15H2,1-2H3,(H,24,26). The summed E-state index contributed by atoms with van der Waals surface area (Å²) in [6.07, 6.45) is 1.44. The summed E-state index contributed by atoms with van der Waals surface area (Å²) in [4.78, 5) is 24.2. The number of furan rings is 1. The van der Waals surface area contributed by atoms with E-state index in [1.165, 1.54) is 44.7 Å². The first kappa shape index (κ1) is 24.8. The van der Waals surface area contributed by atoms with E-state index in [4.69, 9.17) is 18.6 Å². The highest BCUT2D eigenvalue weighted by atomic mass is 32.2. The number of amides is 1. The molecule has 2 aromatic carbocycles. The zero-order chi connectivity index (χ0) is 24.6. The first-order chi connectivity index (χ1) is 16.3. The average molecular weight is 489 g/mol. The van der Waals surface area contributed by atoms with E-state index in [0.29, 0.717) is 17.3 Å². The van der Waals surface area contributed by atoms with Crippen LogP contribution >= 0.6 is 0 Å². The average Bonchev–Trinajstić information content (AvgIpc) is 3.38. The van der Waals surface area contributed by atoms with Gasteiger partial charge in [0.15, 0.2) is 18.1 Å². The molecule has 3 aromatic rings. The van der Waals surface area contributed by atoms with Gasteiger partial charge in [-0.2, -0.15) is 0 Å². The first-order valence-electron chi connectivity index (χ1n) is 10.1. The van der Waals surface area contributed by atoms with Crippen molar-refractivity contribution in [1.82, 2.24) is 10.0 Å². The summed E-state index contributed by atoms with van der Waals surface area (Å²) in [6, 6.07) is 13.7. The molecule has 11 heteroatoms. The van der Waals surface area contributed by atoms with Crippen molar-refractivity contribution >= 4 is 21.9 Å². The van der Waals surface area contributed by atoms with Gasteiger partial charge in [-0.15, -0.1) is 0 Å². The largest absolute Gasteiger partial charge is 0.493 e. The summed E-state index contributed by atoms with van der Waals surface area (Å²) in [5.74, 6) is 0.312. The number of carbonyl (C=O) groups is 2. The summed E-state index contributed by atoms with van der Waals surface area (Å²) in [6.45, 7) is -0.289. The van der Waals surface area contributed by atoms with Crippen molar-refractivity contribution in [2.45, 2.75) is 18.0 Å². The van der Waals surface area contributed by atoms with Crippen LogP contribution in [0.1, 0.15) is 21.7 Å². The molecule has 0 saturated heterocycles. The molecule has 1 amide bonds. The van der Waals surface area contributed by atoms with Gasteiger partial charge in [0.2, 0.25) is 10.0 Å². The van der Waals surface area contributed by atoms with Crippen molar-refractivity contribution in [3.63, 3.8) is 0 Å². The first-order valence-corrected chi connectivity index (χ1v) is 11.6. The summed E-state index contributed by atoms with van der Waals surface area (Å²) < 4.78 is 47.6. The zero-order valence-electron chi connectivity index (χ0n) is 18.6. The highest BCUT2D eigenvalue weighted by molar-refractivity contribution is 7.89. The summed E-state index contributed by atoms with van der Waals surface area (Å²) in [7, 11) is -0.750. The van der Waals surface area contributed by atoms with E-state index in [2.05, 4.69) is 10.0 Å². The molecule has 0 bridgehead atoms. The molecular weight excluding hydrogens is 464 g/mol. The molecule has 0 aliphatic rings. The van der Waals surface area contributed by atoms with Crippen molar-refractivity contribution in [3.8, 4) is 11.5 Å². The predicted octanol–water partition coefficient (Wildman–Crippen LogP) is 2.25. The number of ether oxygens (including phenoxy) is 3. The number of nitrogens with one attached hydrogen (secondary N) is 2. The molecule has 0 atom stereocenters. The topological polar surface area (TPSA) is 133 Å². The molecule has 180 valence electrons. The molecule has 0 fully saturated rings. The molecule has 0 aliphatic heterocycles. The number of carbonyl (C=O) groups excluding carboxylic acids is 2. The molecular formula is C23H24N2O8S. The lowest BCUT2D eigenvalue weighted by molar-refractivity contribution is -0.124. The number of hydrogen-bond acceptors (Lipinski definition) is 8. The smallest absolute Gasteiger partial charge is 0.338 e.